The van der Waals surface area contributed by atoms with Gasteiger partial charge in [-0.1, -0.05) is 0 Å². The maximum atomic E-state index is 12.2. The molecule has 2 radical (unpaired) electrons. The van der Waals surface area contributed by atoms with Gasteiger partial charge in [-0.3, -0.25) is 0 Å². The third-order valence-electron chi connectivity index (χ3n) is 3.91. The molecule has 0 aliphatic rings. The minimum absolute atomic E-state index is 0.275. The maximum Gasteiger partial charge on any atom is 0.242 e. The molecule has 26 heavy (non-hydrogen) atoms. The highest BCUT2D eigenvalue weighted by Gasteiger charge is 2.18. The van der Waals surface area contributed by atoms with E-state index in [1.165, 1.54) is 12.4 Å². The molecule has 4 heterocycles. The van der Waals surface area contributed by atoms with Crippen LogP contribution >= 0.6 is 0 Å². The summed E-state index contributed by atoms with van der Waals surface area (Å²) >= 11 is 0. The first-order valence-electron chi connectivity index (χ1n) is 7.87. The zero-order chi connectivity index (χ0) is 18.1. The van der Waals surface area contributed by atoms with Crippen LogP contribution in [0.25, 0.3) is 34.1 Å². The van der Waals surface area contributed by atoms with E-state index in [-0.39, 0.29) is 5.66 Å². The van der Waals surface area contributed by atoms with E-state index in [0.717, 1.165) is 9.46 Å². The summed E-state index contributed by atoms with van der Waals surface area (Å²) in [7, 11) is 5.67. The highest BCUT2D eigenvalue weighted by atomic mass is 16.5. The number of hydrogen-bond acceptors (Lipinski definition) is 4. The van der Waals surface area contributed by atoms with Crippen molar-refractivity contribution in [1.82, 2.24) is 4.98 Å². The molecule has 0 N–H and O–H groups in total. The smallest absolute Gasteiger partial charge is 0.242 e. The van der Waals surface area contributed by atoms with Crippen LogP contribution in [0, 0.1) is 10.4 Å². The van der Waals surface area contributed by atoms with E-state index >= 15 is 0 Å². The van der Waals surface area contributed by atoms with Gasteiger partial charge in [-0.2, -0.15) is 9.46 Å². The van der Waals surface area contributed by atoms with Crippen molar-refractivity contribution < 1.29 is 13.9 Å². The Hall–Kier alpha value is -3.61. The fourth-order valence-corrected chi connectivity index (χ4v) is 2.70. The zero-order valence-corrected chi connectivity index (χ0v) is 13.6. The van der Waals surface area contributed by atoms with Crippen molar-refractivity contribution in [1.29, 1.82) is 0 Å². The van der Waals surface area contributed by atoms with E-state index in [1.807, 2.05) is 0 Å². The third-order valence-corrected chi connectivity index (χ3v) is 3.91. The van der Waals surface area contributed by atoms with Gasteiger partial charge in [0.2, 0.25) is 11.4 Å². The Balaban J connectivity index is 1.96. The molecule has 0 amide bonds. The van der Waals surface area contributed by atoms with Crippen LogP contribution in [0.1, 0.15) is 0 Å². The van der Waals surface area contributed by atoms with Gasteiger partial charge in [-0.05, 0) is 36.4 Å². The van der Waals surface area contributed by atoms with Crippen molar-refractivity contribution in [2.24, 2.45) is 0 Å². The van der Waals surface area contributed by atoms with Crippen LogP contribution in [0.2, 0.25) is 0 Å². The Morgan fingerprint density at radius 2 is 1.38 bits per heavy atom. The number of aromatic nitrogens is 3. The molecular formula is C19H12BN3O3. The molecule has 0 bridgehead atoms. The van der Waals surface area contributed by atoms with Gasteiger partial charge < -0.3 is 14.8 Å². The van der Waals surface area contributed by atoms with Crippen molar-refractivity contribution in [3.63, 3.8) is 0 Å². The summed E-state index contributed by atoms with van der Waals surface area (Å²) in [5, 5.41) is 24.3. The van der Waals surface area contributed by atoms with E-state index in [9.17, 15) is 10.4 Å². The van der Waals surface area contributed by atoms with E-state index in [4.69, 9.17) is 12.3 Å². The molecule has 0 saturated heterocycles. The summed E-state index contributed by atoms with van der Waals surface area (Å²) in [5.74, 6) is 0.522. The standard InChI is InChI=1S/C19H12BN3O3/c20-19-8-7-18(26-19)13-11-14(16-5-1-3-9-22(16)24)21-15(12-13)17-6-2-4-10-23(17)25/h1-12H. The first kappa shape index (κ1) is 15.9. The number of pyridine rings is 3. The number of hydrogen-bond donors (Lipinski definition) is 0. The largest absolute Gasteiger partial charge is 0.618 e. The molecule has 0 aliphatic heterocycles. The van der Waals surface area contributed by atoms with Gasteiger partial charge in [-0.25, -0.2) is 4.98 Å². The first-order valence-corrected chi connectivity index (χ1v) is 7.87. The molecule has 0 spiro atoms. The van der Waals surface area contributed by atoms with Crippen LogP contribution in [-0.2, 0) is 0 Å². The van der Waals surface area contributed by atoms with Crippen molar-refractivity contribution >= 4 is 13.5 Å². The fraction of sp³-hybridized carbons (Fsp3) is 0. The molecule has 0 aromatic carbocycles. The van der Waals surface area contributed by atoms with Crippen LogP contribution in [0.4, 0.5) is 0 Å². The first-order chi connectivity index (χ1) is 12.6. The average molecular weight is 341 g/mol. The Kier molecular flexibility index (Phi) is 3.89. The van der Waals surface area contributed by atoms with Gasteiger partial charge in [0.1, 0.15) is 17.1 Å². The quantitative estimate of drug-likeness (QED) is 0.323. The van der Waals surface area contributed by atoms with Crippen LogP contribution in [0.15, 0.2) is 77.5 Å². The fourth-order valence-electron chi connectivity index (χ4n) is 2.70. The van der Waals surface area contributed by atoms with E-state index < -0.39 is 0 Å². The Morgan fingerprint density at radius 1 is 0.808 bits per heavy atom. The van der Waals surface area contributed by atoms with Crippen LogP contribution in [0.3, 0.4) is 0 Å². The summed E-state index contributed by atoms with van der Waals surface area (Å²) < 4.78 is 6.94. The molecule has 124 valence electrons. The lowest BCUT2D eigenvalue weighted by atomic mass is 10.1. The number of nitrogens with zero attached hydrogens (tertiary/aromatic N) is 3. The van der Waals surface area contributed by atoms with Gasteiger partial charge in [0.05, 0.1) is 0 Å². The highest BCUT2D eigenvalue weighted by Crippen LogP contribution is 2.27. The minimum atomic E-state index is 0.275. The Bertz CT molecular complexity index is 1030. The zero-order valence-electron chi connectivity index (χ0n) is 13.6. The second-order valence-corrected chi connectivity index (χ2v) is 5.65. The summed E-state index contributed by atoms with van der Waals surface area (Å²) in [6.07, 6.45) is 2.79. The van der Waals surface area contributed by atoms with Crippen LogP contribution in [-0.4, -0.2) is 12.8 Å². The predicted molar refractivity (Wildman–Crippen MR) is 96.1 cm³/mol. The molecule has 4 aromatic rings. The van der Waals surface area contributed by atoms with Gasteiger partial charge in [0.15, 0.2) is 20.2 Å². The molecule has 0 fully saturated rings. The van der Waals surface area contributed by atoms with Crippen LogP contribution in [0.5, 0.6) is 0 Å². The van der Waals surface area contributed by atoms with E-state index in [1.54, 1.807) is 60.7 Å². The molecule has 7 heteroatoms. The lowest BCUT2D eigenvalue weighted by molar-refractivity contribution is -0.594. The van der Waals surface area contributed by atoms with E-state index in [0.29, 0.717) is 34.1 Å². The van der Waals surface area contributed by atoms with Gasteiger partial charge in [-0.15, -0.1) is 0 Å². The van der Waals surface area contributed by atoms with E-state index in [2.05, 4.69) is 4.98 Å². The lowest BCUT2D eigenvalue weighted by Crippen LogP contribution is -2.29. The number of furan rings is 1. The summed E-state index contributed by atoms with van der Waals surface area (Å²) in [5.41, 5.74) is 2.51. The molecule has 0 unspecified atom stereocenters. The van der Waals surface area contributed by atoms with Crippen molar-refractivity contribution in [2.75, 3.05) is 0 Å². The molecule has 6 nitrogen and oxygen atoms in total. The maximum absolute atomic E-state index is 12.2. The van der Waals surface area contributed by atoms with Crippen molar-refractivity contribution in [3.05, 3.63) is 83.5 Å². The predicted octanol–water partition coefficient (Wildman–Crippen LogP) is 1.74. The molecule has 0 saturated carbocycles. The minimum Gasteiger partial charge on any atom is -0.618 e. The Morgan fingerprint density at radius 3 is 1.85 bits per heavy atom. The monoisotopic (exact) mass is 341 g/mol. The summed E-state index contributed by atoms with van der Waals surface area (Å²) in [6.45, 7) is 0. The average Bonchev–Trinajstić information content (AvgIpc) is 3.09. The topological polar surface area (TPSA) is 79.9 Å². The lowest BCUT2D eigenvalue weighted by Gasteiger charge is -2.09. The van der Waals surface area contributed by atoms with Gasteiger partial charge in [0.25, 0.3) is 0 Å². The second kappa shape index (κ2) is 6.36. The molecule has 4 rings (SSSR count). The SMILES string of the molecule is [B]c1ccc(-c2cc(-c3cccc[n+]3[O-])nc(-c3cccc[n+]3[O-])c2)o1. The van der Waals surface area contributed by atoms with Crippen molar-refractivity contribution in [2.45, 2.75) is 0 Å². The van der Waals surface area contributed by atoms with Crippen LogP contribution < -0.4 is 15.1 Å². The third kappa shape index (κ3) is 2.90. The van der Waals surface area contributed by atoms with Gasteiger partial charge >= 0.3 is 0 Å². The molecule has 0 atom stereocenters. The number of rotatable bonds is 3. The second-order valence-electron chi connectivity index (χ2n) is 5.65. The summed E-state index contributed by atoms with van der Waals surface area (Å²) in [4.78, 5) is 4.51. The Labute approximate surface area is 150 Å². The highest BCUT2D eigenvalue weighted by molar-refractivity contribution is 6.29. The molecular weight excluding hydrogens is 329 g/mol. The van der Waals surface area contributed by atoms with Gasteiger partial charge in [0, 0.05) is 35.5 Å². The molecule has 0 aliphatic carbocycles. The van der Waals surface area contributed by atoms with Crippen molar-refractivity contribution in [3.8, 4) is 34.1 Å². The summed E-state index contributed by atoms with van der Waals surface area (Å²) in [6, 6.07) is 16.9. The molecule has 4 aromatic heterocycles. The normalized spacial score (nSPS) is 10.8.